The van der Waals surface area contributed by atoms with Crippen LogP contribution in [0.5, 0.6) is 0 Å². The van der Waals surface area contributed by atoms with Gasteiger partial charge in [0.15, 0.2) is 0 Å². The van der Waals surface area contributed by atoms with Gasteiger partial charge in [-0.25, -0.2) is 0 Å². The van der Waals surface area contributed by atoms with Gasteiger partial charge in [0.05, 0.1) is 18.6 Å². The normalized spacial score (nSPS) is 14.3. The fraction of sp³-hybridized carbons (Fsp3) is 0.952. The zero-order valence-electron chi connectivity index (χ0n) is 31.8. The summed E-state index contributed by atoms with van der Waals surface area (Å²) in [6, 6.07) is 0. The monoisotopic (exact) mass is 667 g/mol. The molecule has 0 aromatic carbocycles. The molecule has 4 unspecified atom stereocenters. The second-order valence-corrected chi connectivity index (χ2v) is 14.9. The molecule has 4 atom stereocenters. The van der Waals surface area contributed by atoms with Gasteiger partial charge in [0, 0.05) is 18.8 Å². The lowest BCUT2D eigenvalue weighted by Crippen LogP contribution is -2.45. The SMILES string of the molecule is CCCCCCCCCCCCCCCCCC(=O)C(C)C(C(=O)CCCCCCCCCCCCCCCCC)C(O)C(O)CO. The Hall–Kier alpha value is -0.780. The Morgan fingerprint density at radius 2 is 0.681 bits per heavy atom. The van der Waals surface area contributed by atoms with E-state index in [1.165, 1.54) is 154 Å². The van der Waals surface area contributed by atoms with Crippen molar-refractivity contribution in [2.45, 2.75) is 238 Å². The quantitative estimate of drug-likeness (QED) is 0.0570. The van der Waals surface area contributed by atoms with Crippen molar-refractivity contribution in [1.82, 2.24) is 0 Å². The highest BCUT2D eigenvalue weighted by atomic mass is 16.4. The molecule has 0 spiro atoms. The van der Waals surface area contributed by atoms with E-state index >= 15 is 0 Å². The van der Waals surface area contributed by atoms with Crippen LogP contribution in [0, 0.1) is 11.8 Å². The fourth-order valence-electron chi connectivity index (χ4n) is 7.05. The molecule has 0 saturated heterocycles. The average molecular weight is 667 g/mol. The van der Waals surface area contributed by atoms with Crippen LogP contribution in [-0.2, 0) is 9.59 Å². The largest absolute Gasteiger partial charge is 0.394 e. The minimum atomic E-state index is -1.41. The van der Waals surface area contributed by atoms with E-state index < -0.39 is 30.7 Å². The summed E-state index contributed by atoms with van der Waals surface area (Å²) in [5.74, 6) is -1.77. The van der Waals surface area contributed by atoms with E-state index in [2.05, 4.69) is 13.8 Å². The maximum absolute atomic E-state index is 13.2. The first kappa shape index (κ1) is 46.2. The number of carbonyl (C=O) groups is 2. The van der Waals surface area contributed by atoms with Crippen molar-refractivity contribution in [1.29, 1.82) is 0 Å². The van der Waals surface area contributed by atoms with Gasteiger partial charge in [-0.3, -0.25) is 9.59 Å². The number of hydrogen-bond acceptors (Lipinski definition) is 5. The lowest BCUT2D eigenvalue weighted by atomic mass is 9.78. The lowest BCUT2D eigenvalue weighted by Gasteiger charge is -2.29. The minimum Gasteiger partial charge on any atom is -0.394 e. The minimum absolute atomic E-state index is 0.0151. The van der Waals surface area contributed by atoms with Gasteiger partial charge in [0.2, 0.25) is 0 Å². The Kier molecular flexibility index (Phi) is 34.5. The first-order valence-corrected chi connectivity index (χ1v) is 20.9. The molecule has 0 radical (unpaired) electrons. The first-order chi connectivity index (χ1) is 22.9. The van der Waals surface area contributed by atoms with E-state index in [0.717, 1.165) is 38.5 Å². The Bertz CT molecular complexity index is 680. The van der Waals surface area contributed by atoms with Crippen LogP contribution in [0.1, 0.15) is 226 Å². The van der Waals surface area contributed by atoms with Crippen molar-refractivity contribution >= 4 is 11.6 Å². The van der Waals surface area contributed by atoms with Gasteiger partial charge in [-0.2, -0.15) is 0 Å². The summed E-state index contributed by atoms with van der Waals surface area (Å²) >= 11 is 0. The van der Waals surface area contributed by atoms with E-state index in [1.807, 2.05) is 0 Å². The highest BCUT2D eigenvalue weighted by Gasteiger charge is 2.38. The standard InChI is InChI=1S/C42H82O5/c1-4-6-8-10-12-14-16-18-20-22-24-26-28-30-32-34-38(44)37(3)41(42(47)40(46)36-43)39(45)35-33-31-29-27-25-23-21-19-17-15-13-11-9-7-5-2/h37,40-43,46-47H,4-36H2,1-3H3. The molecule has 5 heteroatoms. The summed E-state index contributed by atoms with van der Waals surface area (Å²) in [7, 11) is 0. The number of aliphatic hydroxyl groups excluding tert-OH is 3. The van der Waals surface area contributed by atoms with Gasteiger partial charge in [-0.1, -0.05) is 201 Å². The Morgan fingerprint density at radius 3 is 0.957 bits per heavy atom. The number of Topliss-reactive ketones (excluding diaryl/α,β-unsaturated/α-hetero) is 2. The van der Waals surface area contributed by atoms with Crippen molar-refractivity contribution in [2.24, 2.45) is 11.8 Å². The van der Waals surface area contributed by atoms with Crippen molar-refractivity contribution < 1.29 is 24.9 Å². The number of carbonyl (C=O) groups excluding carboxylic acids is 2. The highest BCUT2D eigenvalue weighted by Crippen LogP contribution is 2.26. The van der Waals surface area contributed by atoms with Crippen LogP contribution in [0.2, 0.25) is 0 Å². The van der Waals surface area contributed by atoms with Gasteiger partial charge in [0.1, 0.15) is 17.7 Å². The van der Waals surface area contributed by atoms with Crippen LogP contribution in [0.15, 0.2) is 0 Å². The van der Waals surface area contributed by atoms with Crippen LogP contribution in [0.25, 0.3) is 0 Å². The predicted octanol–water partition coefficient (Wildman–Crippen LogP) is 11.6. The molecule has 5 nitrogen and oxygen atoms in total. The van der Waals surface area contributed by atoms with E-state index in [0.29, 0.717) is 12.8 Å². The summed E-state index contributed by atoms with van der Waals surface area (Å²) < 4.78 is 0. The molecule has 0 fully saturated rings. The third kappa shape index (κ3) is 27.7. The molecule has 0 aliphatic heterocycles. The van der Waals surface area contributed by atoms with Gasteiger partial charge in [0.25, 0.3) is 0 Å². The molecule has 0 bridgehead atoms. The molecule has 0 heterocycles. The lowest BCUT2D eigenvalue weighted by molar-refractivity contribution is -0.141. The van der Waals surface area contributed by atoms with Crippen molar-refractivity contribution in [3.63, 3.8) is 0 Å². The summed E-state index contributed by atoms with van der Waals surface area (Å²) in [5.41, 5.74) is 0. The molecule has 0 aromatic heterocycles. The van der Waals surface area contributed by atoms with E-state index in [9.17, 15) is 24.9 Å². The third-order valence-corrected chi connectivity index (χ3v) is 10.4. The van der Waals surface area contributed by atoms with E-state index in [4.69, 9.17) is 0 Å². The summed E-state index contributed by atoms with van der Waals surface area (Å²) in [4.78, 5) is 26.2. The topological polar surface area (TPSA) is 94.8 Å². The maximum Gasteiger partial charge on any atom is 0.139 e. The summed E-state index contributed by atoms with van der Waals surface area (Å²) in [6.45, 7) is 5.63. The van der Waals surface area contributed by atoms with Gasteiger partial charge < -0.3 is 15.3 Å². The summed E-state index contributed by atoms with van der Waals surface area (Å²) in [6.07, 6.45) is 35.8. The maximum atomic E-state index is 13.2. The molecular formula is C42H82O5. The fourth-order valence-corrected chi connectivity index (χ4v) is 7.05. The highest BCUT2D eigenvalue weighted by molar-refractivity contribution is 5.90. The van der Waals surface area contributed by atoms with Crippen LogP contribution in [-0.4, -0.2) is 45.7 Å². The average Bonchev–Trinajstić information content (AvgIpc) is 3.07. The molecular weight excluding hydrogens is 584 g/mol. The predicted molar refractivity (Wildman–Crippen MR) is 201 cm³/mol. The number of unbranched alkanes of at least 4 members (excludes halogenated alkanes) is 28. The zero-order chi connectivity index (χ0) is 34.8. The molecule has 0 aromatic rings. The number of aliphatic hydroxyl groups is 3. The van der Waals surface area contributed by atoms with Crippen molar-refractivity contribution in [3.8, 4) is 0 Å². The van der Waals surface area contributed by atoms with E-state index in [-0.39, 0.29) is 11.6 Å². The Balaban J connectivity index is 4.10. The Morgan fingerprint density at radius 1 is 0.426 bits per heavy atom. The van der Waals surface area contributed by atoms with Gasteiger partial charge in [-0.15, -0.1) is 0 Å². The number of ketones is 2. The van der Waals surface area contributed by atoms with Crippen LogP contribution in [0.4, 0.5) is 0 Å². The third-order valence-electron chi connectivity index (χ3n) is 10.4. The van der Waals surface area contributed by atoms with Crippen LogP contribution in [0.3, 0.4) is 0 Å². The van der Waals surface area contributed by atoms with Gasteiger partial charge >= 0.3 is 0 Å². The molecule has 280 valence electrons. The van der Waals surface area contributed by atoms with Crippen molar-refractivity contribution in [2.75, 3.05) is 6.61 Å². The molecule has 47 heavy (non-hydrogen) atoms. The molecule has 0 aliphatic carbocycles. The molecule has 0 rings (SSSR count). The van der Waals surface area contributed by atoms with Crippen LogP contribution >= 0.6 is 0 Å². The second kappa shape index (κ2) is 35.1. The number of hydrogen-bond donors (Lipinski definition) is 3. The molecule has 3 N–H and O–H groups in total. The van der Waals surface area contributed by atoms with Crippen LogP contribution < -0.4 is 0 Å². The molecule has 0 saturated carbocycles. The molecule has 0 amide bonds. The van der Waals surface area contributed by atoms with E-state index in [1.54, 1.807) is 6.92 Å². The smallest absolute Gasteiger partial charge is 0.139 e. The first-order valence-electron chi connectivity index (χ1n) is 20.9. The van der Waals surface area contributed by atoms with Crippen molar-refractivity contribution in [3.05, 3.63) is 0 Å². The molecule has 0 aliphatic rings. The zero-order valence-corrected chi connectivity index (χ0v) is 31.8. The van der Waals surface area contributed by atoms with Gasteiger partial charge in [-0.05, 0) is 12.8 Å². The summed E-state index contributed by atoms with van der Waals surface area (Å²) in [5, 5.41) is 30.3. The second-order valence-electron chi connectivity index (χ2n) is 14.9. The number of rotatable bonds is 38. The Labute approximate surface area is 292 Å².